The van der Waals surface area contributed by atoms with Gasteiger partial charge in [-0.2, -0.15) is 5.10 Å². The Kier molecular flexibility index (Phi) is 6.70. The zero-order chi connectivity index (χ0) is 24.2. The maximum absolute atomic E-state index is 13.1. The summed E-state index contributed by atoms with van der Waals surface area (Å²) in [5.41, 5.74) is 3.81. The van der Waals surface area contributed by atoms with Crippen molar-refractivity contribution in [3.63, 3.8) is 0 Å². The lowest BCUT2D eigenvalue weighted by atomic mass is 10.0. The van der Waals surface area contributed by atoms with Crippen molar-refractivity contribution >= 4 is 28.2 Å². The molecule has 2 aromatic heterocycles. The predicted molar refractivity (Wildman–Crippen MR) is 133 cm³/mol. The molecule has 2 aromatic carbocycles. The number of amides is 1. The number of thiophene rings is 1. The van der Waals surface area contributed by atoms with Gasteiger partial charge in [0.15, 0.2) is 5.69 Å². The number of esters is 1. The summed E-state index contributed by atoms with van der Waals surface area (Å²) in [7, 11) is 0. The molecule has 0 unspecified atom stereocenters. The summed E-state index contributed by atoms with van der Waals surface area (Å²) in [5, 5.41) is 9.02. The van der Waals surface area contributed by atoms with Gasteiger partial charge >= 0.3 is 5.97 Å². The van der Waals surface area contributed by atoms with Gasteiger partial charge in [0.2, 0.25) is 5.43 Å². The van der Waals surface area contributed by atoms with E-state index in [1.165, 1.54) is 28.3 Å². The second kappa shape index (κ2) is 9.84. The van der Waals surface area contributed by atoms with E-state index in [1.54, 1.807) is 12.3 Å². The fraction of sp³-hybridized carbons (Fsp3) is 0.154. The molecule has 0 saturated carbocycles. The monoisotopic (exact) mass is 473 g/mol. The van der Waals surface area contributed by atoms with Gasteiger partial charge in [-0.05, 0) is 38.5 Å². The largest absolute Gasteiger partial charge is 0.462 e. The Hall–Kier alpha value is -4.04. The topological polar surface area (TPSA) is 90.3 Å². The molecule has 0 aliphatic heterocycles. The van der Waals surface area contributed by atoms with Crippen LogP contribution in [-0.4, -0.2) is 28.3 Å². The lowest BCUT2D eigenvalue weighted by Gasteiger charge is -2.10. The maximum Gasteiger partial charge on any atom is 0.341 e. The van der Waals surface area contributed by atoms with E-state index in [9.17, 15) is 14.4 Å². The highest BCUT2D eigenvalue weighted by Gasteiger charge is 2.24. The molecule has 0 atom stereocenters. The van der Waals surface area contributed by atoms with E-state index >= 15 is 0 Å². The van der Waals surface area contributed by atoms with Crippen LogP contribution in [0.5, 0.6) is 0 Å². The Labute approximate surface area is 200 Å². The molecule has 7 nitrogen and oxygen atoms in total. The average Bonchev–Trinajstić information content (AvgIpc) is 3.24. The van der Waals surface area contributed by atoms with Crippen LogP contribution in [0, 0.1) is 13.8 Å². The first kappa shape index (κ1) is 23.1. The fourth-order valence-corrected chi connectivity index (χ4v) is 4.32. The van der Waals surface area contributed by atoms with Gasteiger partial charge in [0, 0.05) is 23.2 Å². The van der Waals surface area contributed by atoms with Crippen LogP contribution >= 0.6 is 11.3 Å². The number of rotatable bonds is 6. The first-order chi connectivity index (χ1) is 16.4. The number of aromatic nitrogens is 2. The van der Waals surface area contributed by atoms with Crippen molar-refractivity contribution in [2.24, 2.45) is 0 Å². The number of hydrogen-bond donors (Lipinski definition) is 1. The smallest absolute Gasteiger partial charge is 0.341 e. The van der Waals surface area contributed by atoms with Gasteiger partial charge in [0.05, 0.1) is 12.3 Å². The van der Waals surface area contributed by atoms with Crippen LogP contribution in [-0.2, 0) is 4.74 Å². The zero-order valence-electron chi connectivity index (χ0n) is 19.0. The number of nitrogens with zero attached hydrogens (tertiary/aromatic N) is 2. The number of hydrogen-bond acceptors (Lipinski definition) is 6. The van der Waals surface area contributed by atoms with E-state index in [-0.39, 0.29) is 17.9 Å². The summed E-state index contributed by atoms with van der Waals surface area (Å²) >= 11 is 1.19. The molecule has 172 valence electrons. The van der Waals surface area contributed by atoms with Crippen LogP contribution in [0.1, 0.15) is 38.9 Å². The number of ether oxygens (including phenoxy) is 1. The lowest BCUT2D eigenvalue weighted by molar-refractivity contribution is 0.0529. The van der Waals surface area contributed by atoms with Crippen molar-refractivity contribution in [2.45, 2.75) is 20.8 Å². The Morgan fingerprint density at radius 2 is 1.65 bits per heavy atom. The molecule has 0 aliphatic rings. The summed E-state index contributed by atoms with van der Waals surface area (Å²) < 4.78 is 6.71. The van der Waals surface area contributed by atoms with Crippen LogP contribution in [0.2, 0.25) is 0 Å². The molecule has 1 N–H and O–H groups in total. The van der Waals surface area contributed by atoms with Crippen LogP contribution in [0.25, 0.3) is 16.8 Å². The first-order valence-electron chi connectivity index (χ1n) is 10.7. The van der Waals surface area contributed by atoms with Crippen molar-refractivity contribution in [3.8, 4) is 16.8 Å². The quantitative estimate of drug-likeness (QED) is 0.398. The second-order valence-electron chi connectivity index (χ2n) is 7.70. The minimum absolute atomic E-state index is 0.191. The number of anilines is 1. The molecule has 0 radical (unpaired) electrons. The summed E-state index contributed by atoms with van der Waals surface area (Å²) in [6.07, 6.45) is 1.51. The van der Waals surface area contributed by atoms with Gasteiger partial charge in [-0.3, -0.25) is 9.59 Å². The molecule has 4 rings (SSSR count). The highest BCUT2D eigenvalue weighted by atomic mass is 32.1. The molecule has 0 aliphatic carbocycles. The normalized spacial score (nSPS) is 10.7. The van der Waals surface area contributed by atoms with E-state index in [0.717, 1.165) is 16.7 Å². The number of nitrogens with one attached hydrogen (secondary N) is 1. The number of carbonyl (C=O) groups excluding carboxylic acids is 2. The standard InChI is InChI=1S/C26H23N3O4S/c1-4-33-26(32)22-20(18-9-5-16(2)6-10-18)15-34-25(22)27-24(31)23-21(30)13-14-29(28-23)19-11-7-17(3)8-12-19/h5-15H,4H2,1-3H3,(H,27,31). The summed E-state index contributed by atoms with van der Waals surface area (Å²) in [5.74, 6) is -1.25. The molecular weight excluding hydrogens is 450 g/mol. The molecule has 2 heterocycles. The van der Waals surface area contributed by atoms with Gasteiger partial charge < -0.3 is 10.1 Å². The molecule has 0 bridgehead atoms. The van der Waals surface area contributed by atoms with Gasteiger partial charge in [-0.1, -0.05) is 47.5 Å². The summed E-state index contributed by atoms with van der Waals surface area (Å²) in [6.45, 7) is 5.85. The fourth-order valence-electron chi connectivity index (χ4n) is 3.37. The third-order valence-corrected chi connectivity index (χ3v) is 6.08. The second-order valence-corrected chi connectivity index (χ2v) is 8.58. The van der Waals surface area contributed by atoms with Crippen LogP contribution in [0.15, 0.2) is 71.0 Å². The van der Waals surface area contributed by atoms with Crippen molar-refractivity contribution < 1.29 is 14.3 Å². The van der Waals surface area contributed by atoms with E-state index in [2.05, 4.69) is 10.4 Å². The number of carbonyl (C=O) groups is 2. The SMILES string of the molecule is CCOC(=O)c1c(-c2ccc(C)cc2)csc1NC(=O)c1nn(-c2ccc(C)cc2)ccc1=O. The third kappa shape index (κ3) is 4.82. The third-order valence-electron chi connectivity index (χ3n) is 5.18. The Balaban J connectivity index is 1.70. The van der Waals surface area contributed by atoms with Crippen LogP contribution < -0.4 is 10.7 Å². The first-order valence-corrected chi connectivity index (χ1v) is 11.6. The molecule has 34 heavy (non-hydrogen) atoms. The number of benzene rings is 2. The molecule has 4 aromatic rings. The molecule has 0 fully saturated rings. The molecular formula is C26H23N3O4S. The van der Waals surface area contributed by atoms with Crippen molar-refractivity contribution in [1.82, 2.24) is 9.78 Å². The van der Waals surface area contributed by atoms with E-state index < -0.39 is 17.3 Å². The van der Waals surface area contributed by atoms with Gasteiger partial charge in [-0.25, -0.2) is 9.48 Å². The summed E-state index contributed by atoms with van der Waals surface area (Å²) in [6, 6.07) is 16.5. The average molecular weight is 474 g/mol. The highest BCUT2D eigenvalue weighted by Crippen LogP contribution is 2.36. The Morgan fingerprint density at radius 1 is 1.00 bits per heavy atom. The van der Waals surface area contributed by atoms with E-state index in [4.69, 9.17) is 4.74 Å². The molecule has 0 spiro atoms. The zero-order valence-corrected chi connectivity index (χ0v) is 19.8. The predicted octanol–water partition coefficient (Wildman–Crippen LogP) is 5.01. The van der Waals surface area contributed by atoms with Crippen molar-refractivity contribution in [1.29, 1.82) is 0 Å². The van der Waals surface area contributed by atoms with E-state index in [0.29, 0.717) is 16.3 Å². The maximum atomic E-state index is 13.1. The summed E-state index contributed by atoms with van der Waals surface area (Å²) in [4.78, 5) is 38.3. The van der Waals surface area contributed by atoms with Crippen molar-refractivity contribution in [2.75, 3.05) is 11.9 Å². The minimum atomic E-state index is -0.700. The minimum Gasteiger partial charge on any atom is -0.462 e. The van der Waals surface area contributed by atoms with Crippen molar-refractivity contribution in [3.05, 3.63) is 98.8 Å². The van der Waals surface area contributed by atoms with Gasteiger partial charge in [-0.15, -0.1) is 11.3 Å². The molecule has 8 heteroatoms. The van der Waals surface area contributed by atoms with Crippen LogP contribution in [0.4, 0.5) is 5.00 Å². The molecule has 1 amide bonds. The Morgan fingerprint density at radius 3 is 2.29 bits per heavy atom. The highest BCUT2D eigenvalue weighted by molar-refractivity contribution is 7.15. The Bertz CT molecular complexity index is 1400. The van der Waals surface area contributed by atoms with E-state index in [1.807, 2.05) is 62.4 Å². The van der Waals surface area contributed by atoms with Gasteiger partial charge in [0.25, 0.3) is 5.91 Å². The van der Waals surface area contributed by atoms with Crippen LogP contribution in [0.3, 0.4) is 0 Å². The van der Waals surface area contributed by atoms with Gasteiger partial charge in [0.1, 0.15) is 10.6 Å². The molecule has 0 saturated heterocycles. The lowest BCUT2D eigenvalue weighted by Crippen LogP contribution is -2.25. The number of aryl methyl sites for hydroxylation is 2.